The zero-order valence-corrected chi connectivity index (χ0v) is 17.4. The SMILES string of the molecule is C[n+]1c(C=CN2CCN(C=Cc3oc4ccccc4[n+]3C)CC2)oc2ccccc21. The molecule has 0 radical (unpaired) electrons. The van der Waals surface area contributed by atoms with Gasteiger partial charge in [0, 0.05) is 50.7 Å². The van der Waals surface area contributed by atoms with E-state index in [1.54, 1.807) is 0 Å². The third-order valence-corrected chi connectivity index (χ3v) is 5.75. The van der Waals surface area contributed by atoms with Crippen molar-refractivity contribution in [3.05, 3.63) is 72.7 Å². The predicted molar refractivity (Wildman–Crippen MR) is 116 cm³/mol. The lowest BCUT2D eigenvalue weighted by atomic mass is 10.3. The van der Waals surface area contributed by atoms with Crippen molar-refractivity contribution in [2.45, 2.75) is 0 Å². The van der Waals surface area contributed by atoms with Crippen LogP contribution >= 0.6 is 0 Å². The van der Waals surface area contributed by atoms with E-state index in [1.807, 2.05) is 50.5 Å². The van der Waals surface area contributed by atoms with Crippen LogP contribution in [0.3, 0.4) is 0 Å². The summed E-state index contributed by atoms with van der Waals surface area (Å²) in [5.41, 5.74) is 4.03. The highest BCUT2D eigenvalue weighted by Gasteiger charge is 2.18. The second kappa shape index (κ2) is 7.71. The first-order chi connectivity index (χ1) is 14.7. The van der Waals surface area contributed by atoms with E-state index in [9.17, 15) is 0 Å². The van der Waals surface area contributed by atoms with Crippen LogP contribution in [0, 0.1) is 0 Å². The van der Waals surface area contributed by atoms with Crippen molar-refractivity contribution < 1.29 is 18.0 Å². The number of aryl methyl sites for hydroxylation is 2. The van der Waals surface area contributed by atoms with E-state index in [-0.39, 0.29) is 0 Å². The quantitative estimate of drug-likeness (QED) is 0.492. The smallest absolute Gasteiger partial charge is 0.375 e. The van der Waals surface area contributed by atoms with Crippen LogP contribution in [0.25, 0.3) is 34.4 Å². The first-order valence-corrected chi connectivity index (χ1v) is 10.3. The summed E-state index contributed by atoms with van der Waals surface area (Å²) in [4.78, 5) is 4.66. The minimum absolute atomic E-state index is 0.857. The van der Waals surface area contributed by atoms with Crippen LogP contribution in [0.1, 0.15) is 11.8 Å². The van der Waals surface area contributed by atoms with Gasteiger partial charge in [-0.25, -0.2) is 0 Å². The molecule has 0 atom stereocenters. The molecule has 152 valence electrons. The number of aromatic nitrogens is 2. The number of para-hydroxylation sites is 4. The van der Waals surface area contributed by atoms with Gasteiger partial charge in [0.05, 0.1) is 12.2 Å². The molecule has 4 aromatic rings. The fraction of sp³-hybridized carbons (Fsp3) is 0.250. The van der Waals surface area contributed by atoms with Gasteiger partial charge in [-0.3, -0.25) is 0 Å². The molecule has 1 aliphatic heterocycles. The maximum Gasteiger partial charge on any atom is 0.375 e. The molecule has 0 spiro atoms. The van der Waals surface area contributed by atoms with Crippen LogP contribution in [0.4, 0.5) is 0 Å². The van der Waals surface area contributed by atoms with Crippen molar-refractivity contribution in [3.63, 3.8) is 0 Å². The third-order valence-electron chi connectivity index (χ3n) is 5.75. The second-order valence-electron chi connectivity index (χ2n) is 7.64. The Kier molecular flexibility index (Phi) is 4.75. The first-order valence-electron chi connectivity index (χ1n) is 10.3. The van der Waals surface area contributed by atoms with Gasteiger partial charge < -0.3 is 18.6 Å². The van der Waals surface area contributed by atoms with Crippen molar-refractivity contribution in [2.24, 2.45) is 14.1 Å². The Bertz CT molecular complexity index is 1140. The van der Waals surface area contributed by atoms with E-state index in [4.69, 9.17) is 8.83 Å². The number of rotatable bonds is 4. The minimum atomic E-state index is 0.857. The first kappa shape index (κ1) is 18.5. The summed E-state index contributed by atoms with van der Waals surface area (Å²) in [6.45, 7) is 3.88. The monoisotopic (exact) mass is 402 g/mol. The third kappa shape index (κ3) is 3.45. The zero-order chi connectivity index (χ0) is 20.5. The van der Waals surface area contributed by atoms with Crippen molar-refractivity contribution >= 4 is 34.4 Å². The van der Waals surface area contributed by atoms with Crippen LogP contribution < -0.4 is 9.13 Å². The Morgan fingerprint density at radius 3 is 1.47 bits per heavy atom. The Hall–Kier alpha value is -3.54. The molecule has 5 rings (SSSR count). The largest absolute Gasteiger partial charge is 0.398 e. The average molecular weight is 402 g/mol. The summed E-state index contributed by atoms with van der Waals surface area (Å²) in [5, 5.41) is 0. The van der Waals surface area contributed by atoms with E-state index >= 15 is 0 Å². The van der Waals surface area contributed by atoms with Crippen molar-refractivity contribution in [2.75, 3.05) is 26.2 Å². The van der Waals surface area contributed by atoms with Crippen LogP contribution in [0.15, 0.2) is 69.8 Å². The predicted octanol–water partition coefficient (Wildman–Crippen LogP) is 3.09. The summed E-state index contributed by atoms with van der Waals surface area (Å²) < 4.78 is 16.1. The molecular formula is C24H26N4O2+2. The van der Waals surface area contributed by atoms with Crippen LogP contribution in [-0.2, 0) is 14.1 Å². The van der Waals surface area contributed by atoms with Crippen molar-refractivity contribution in [3.8, 4) is 0 Å². The molecule has 1 aliphatic rings. The number of fused-ring (bicyclic) bond motifs is 2. The zero-order valence-electron chi connectivity index (χ0n) is 17.4. The molecule has 30 heavy (non-hydrogen) atoms. The number of nitrogens with zero attached hydrogens (tertiary/aromatic N) is 4. The number of hydrogen-bond acceptors (Lipinski definition) is 4. The minimum Gasteiger partial charge on any atom is -0.398 e. The van der Waals surface area contributed by atoms with Crippen molar-refractivity contribution in [1.82, 2.24) is 9.80 Å². The van der Waals surface area contributed by atoms with E-state index in [1.165, 1.54) is 0 Å². The second-order valence-corrected chi connectivity index (χ2v) is 7.64. The highest BCUT2D eigenvalue weighted by Crippen LogP contribution is 2.15. The molecule has 2 aromatic carbocycles. The summed E-state index contributed by atoms with van der Waals surface area (Å²) in [7, 11) is 4.07. The van der Waals surface area contributed by atoms with E-state index in [0.29, 0.717) is 0 Å². The summed E-state index contributed by atoms with van der Waals surface area (Å²) in [6.07, 6.45) is 8.38. The molecule has 0 unspecified atom stereocenters. The van der Waals surface area contributed by atoms with E-state index < -0.39 is 0 Å². The van der Waals surface area contributed by atoms with Gasteiger partial charge in [-0.2, -0.15) is 9.13 Å². The Morgan fingerprint density at radius 2 is 1.07 bits per heavy atom. The number of piperazine rings is 1. The number of oxazole rings is 2. The van der Waals surface area contributed by atoms with E-state index in [2.05, 4.69) is 55.6 Å². The Labute approximate surface area is 175 Å². The van der Waals surface area contributed by atoms with Gasteiger partial charge in [-0.05, 0) is 12.1 Å². The van der Waals surface area contributed by atoms with Crippen LogP contribution in [-0.4, -0.2) is 36.0 Å². The van der Waals surface area contributed by atoms with E-state index in [0.717, 1.165) is 60.2 Å². The normalized spacial score (nSPS) is 15.4. The molecule has 0 saturated carbocycles. The summed E-state index contributed by atoms with van der Waals surface area (Å²) in [6, 6.07) is 16.2. The lowest BCUT2D eigenvalue weighted by Crippen LogP contribution is -2.41. The molecule has 0 aliphatic carbocycles. The molecule has 6 heteroatoms. The van der Waals surface area contributed by atoms with Crippen LogP contribution in [0.2, 0.25) is 0 Å². The topological polar surface area (TPSA) is 40.5 Å². The van der Waals surface area contributed by atoms with Crippen LogP contribution in [0.5, 0.6) is 0 Å². The molecular weight excluding hydrogens is 376 g/mol. The summed E-state index contributed by atoms with van der Waals surface area (Å²) in [5.74, 6) is 1.71. The average Bonchev–Trinajstić information content (AvgIpc) is 3.28. The molecule has 2 aromatic heterocycles. The number of hydrogen-bond donors (Lipinski definition) is 0. The fourth-order valence-corrected chi connectivity index (χ4v) is 3.91. The van der Waals surface area contributed by atoms with Gasteiger partial charge in [-0.1, -0.05) is 24.3 Å². The van der Waals surface area contributed by atoms with Gasteiger partial charge in [0.15, 0.2) is 0 Å². The lowest BCUT2D eigenvalue weighted by Gasteiger charge is -2.33. The Balaban J connectivity index is 1.21. The highest BCUT2D eigenvalue weighted by atomic mass is 16.4. The summed E-state index contributed by atoms with van der Waals surface area (Å²) >= 11 is 0. The standard InChI is InChI=1S/C24H26N4O2/c1-25-19-7-3-5-9-21(19)29-23(25)11-13-27-15-17-28(18-16-27)14-12-24-26(2)20-8-4-6-10-22(20)30-24/h3-14H,15-18H2,1-2H3/q+2. The Morgan fingerprint density at radius 1 is 0.667 bits per heavy atom. The van der Waals surface area contributed by atoms with Crippen molar-refractivity contribution in [1.29, 1.82) is 0 Å². The fourth-order valence-electron chi connectivity index (χ4n) is 3.91. The molecule has 3 heterocycles. The van der Waals surface area contributed by atoms with Gasteiger partial charge in [0.25, 0.3) is 11.0 Å². The number of benzene rings is 2. The molecule has 1 fully saturated rings. The van der Waals surface area contributed by atoms with Gasteiger partial charge in [0.2, 0.25) is 11.2 Å². The molecule has 0 bridgehead atoms. The van der Waals surface area contributed by atoms with Gasteiger partial charge in [0.1, 0.15) is 14.1 Å². The van der Waals surface area contributed by atoms with Gasteiger partial charge in [-0.15, -0.1) is 0 Å². The molecule has 6 nitrogen and oxygen atoms in total. The molecule has 0 amide bonds. The maximum atomic E-state index is 5.95. The molecule has 0 N–H and O–H groups in total. The lowest BCUT2D eigenvalue weighted by molar-refractivity contribution is -0.652. The highest BCUT2D eigenvalue weighted by molar-refractivity contribution is 5.70. The molecule has 1 saturated heterocycles. The van der Waals surface area contributed by atoms with Gasteiger partial charge >= 0.3 is 11.8 Å². The maximum absolute atomic E-state index is 5.95.